The van der Waals surface area contributed by atoms with Crippen LogP contribution in [0.15, 0.2) is 18.2 Å². The molecule has 5 heteroatoms. The Morgan fingerprint density at radius 3 is 2.45 bits per heavy atom. The van der Waals surface area contributed by atoms with Crippen LogP contribution in [0.4, 0.5) is 8.78 Å². The highest BCUT2D eigenvalue weighted by Gasteiger charge is 2.40. The molecule has 1 N–H and O–H groups in total. The zero-order valence-corrected chi connectivity index (χ0v) is 11.3. The summed E-state index contributed by atoms with van der Waals surface area (Å²) in [5, 5.41) is 3.39. The SMILES string of the molecule is Fc1ccc(CNC2CCC3(CC2)OCCO3)cc1F. The van der Waals surface area contributed by atoms with E-state index in [1.165, 1.54) is 12.1 Å². The molecule has 0 unspecified atom stereocenters. The molecule has 20 heavy (non-hydrogen) atoms. The summed E-state index contributed by atoms with van der Waals surface area (Å²) in [4.78, 5) is 0. The fraction of sp³-hybridized carbons (Fsp3) is 0.600. The maximum Gasteiger partial charge on any atom is 0.168 e. The van der Waals surface area contributed by atoms with Gasteiger partial charge in [0.25, 0.3) is 0 Å². The average molecular weight is 283 g/mol. The maximum absolute atomic E-state index is 13.1. The Kier molecular flexibility index (Phi) is 4.01. The van der Waals surface area contributed by atoms with Crippen LogP contribution in [0.25, 0.3) is 0 Å². The predicted molar refractivity (Wildman–Crippen MR) is 70.1 cm³/mol. The van der Waals surface area contributed by atoms with Gasteiger partial charge in [-0.15, -0.1) is 0 Å². The van der Waals surface area contributed by atoms with Gasteiger partial charge in [-0.05, 0) is 30.5 Å². The first kappa shape index (κ1) is 13.9. The molecule has 0 atom stereocenters. The summed E-state index contributed by atoms with van der Waals surface area (Å²) in [6.45, 7) is 1.93. The Hall–Kier alpha value is -1.04. The zero-order chi connectivity index (χ0) is 14.0. The van der Waals surface area contributed by atoms with Crippen molar-refractivity contribution < 1.29 is 18.3 Å². The van der Waals surface area contributed by atoms with E-state index in [4.69, 9.17) is 9.47 Å². The van der Waals surface area contributed by atoms with Crippen molar-refractivity contribution in [1.82, 2.24) is 5.32 Å². The lowest BCUT2D eigenvalue weighted by Gasteiger charge is -2.35. The fourth-order valence-corrected chi connectivity index (χ4v) is 2.96. The Bertz CT molecular complexity index is 465. The summed E-state index contributed by atoms with van der Waals surface area (Å²) < 4.78 is 37.3. The summed E-state index contributed by atoms with van der Waals surface area (Å²) in [5.41, 5.74) is 0.762. The lowest BCUT2D eigenvalue weighted by Crippen LogP contribution is -2.41. The minimum Gasteiger partial charge on any atom is -0.348 e. The third kappa shape index (κ3) is 3.00. The number of nitrogens with one attached hydrogen (secondary N) is 1. The zero-order valence-electron chi connectivity index (χ0n) is 11.3. The second-order valence-electron chi connectivity index (χ2n) is 5.51. The van der Waals surface area contributed by atoms with Gasteiger partial charge in [0.05, 0.1) is 13.2 Å². The van der Waals surface area contributed by atoms with Crippen molar-refractivity contribution in [3.8, 4) is 0 Å². The van der Waals surface area contributed by atoms with E-state index in [1.807, 2.05) is 0 Å². The summed E-state index contributed by atoms with van der Waals surface area (Å²) in [6, 6.07) is 4.40. The Morgan fingerprint density at radius 2 is 1.80 bits per heavy atom. The highest BCUT2D eigenvalue weighted by molar-refractivity contribution is 5.17. The molecule has 1 aliphatic carbocycles. The Labute approximate surface area is 117 Å². The number of ether oxygens (including phenoxy) is 2. The lowest BCUT2D eigenvalue weighted by atomic mass is 9.90. The van der Waals surface area contributed by atoms with Gasteiger partial charge in [0.1, 0.15) is 0 Å². The van der Waals surface area contributed by atoms with Crippen LogP contribution in [-0.4, -0.2) is 25.0 Å². The van der Waals surface area contributed by atoms with Crippen LogP contribution >= 0.6 is 0 Å². The molecule has 1 aromatic rings. The van der Waals surface area contributed by atoms with Crippen molar-refractivity contribution in [3.63, 3.8) is 0 Å². The van der Waals surface area contributed by atoms with E-state index in [-0.39, 0.29) is 5.79 Å². The van der Waals surface area contributed by atoms with Crippen LogP contribution in [0.3, 0.4) is 0 Å². The van der Waals surface area contributed by atoms with Crippen molar-refractivity contribution in [2.45, 2.75) is 44.1 Å². The van der Waals surface area contributed by atoms with E-state index in [9.17, 15) is 8.78 Å². The molecule has 3 nitrogen and oxygen atoms in total. The van der Waals surface area contributed by atoms with Crippen molar-refractivity contribution in [1.29, 1.82) is 0 Å². The first-order valence-corrected chi connectivity index (χ1v) is 7.12. The predicted octanol–water partition coefficient (Wildman–Crippen LogP) is 2.74. The van der Waals surface area contributed by atoms with E-state index >= 15 is 0 Å². The normalized spacial score (nSPS) is 22.5. The molecule has 3 rings (SSSR count). The third-order valence-electron chi connectivity index (χ3n) is 4.14. The third-order valence-corrected chi connectivity index (χ3v) is 4.14. The second-order valence-corrected chi connectivity index (χ2v) is 5.51. The van der Waals surface area contributed by atoms with Gasteiger partial charge >= 0.3 is 0 Å². The van der Waals surface area contributed by atoms with Gasteiger partial charge in [-0.2, -0.15) is 0 Å². The molecule has 1 saturated carbocycles. The molecule has 0 bridgehead atoms. The standard InChI is InChI=1S/C15H19F2NO2/c16-13-2-1-11(9-14(13)17)10-18-12-3-5-15(6-4-12)19-7-8-20-15/h1-2,9,12,18H,3-8,10H2. The molecular formula is C15H19F2NO2. The van der Waals surface area contributed by atoms with Crippen molar-refractivity contribution in [3.05, 3.63) is 35.4 Å². The van der Waals surface area contributed by atoms with Crippen LogP contribution in [-0.2, 0) is 16.0 Å². The van der Waals surface area contributed by atoms with Gasteiger partial charge < -0.3 is 14.8 Å². The van der Waals surface area contributed by atoms with Gasteiger partial charge in [-0.25, -0.2) is 8.78 Å². The number of hydrogen-bond acceptors (Lipinski definition) is 3. The van der Waals surface area contributed by atoms with Crippen LogP contribution in [0.5, 0.6) is 0 Å². The smallest absolute Gasteiger partial charge is 0.168 e. The molecule has 0 aromatic heterocycles. The summed E-state index contributed by atoms with van der Waals surface area (Å²) in [7, 11) is 0. The Balaban J connectivity index is 1.49. The quantitative estimate of drug-likeness (QED) is 0.925. The molecular weight excluding hydrogens is 264 g/mol. The first-order valence-electron chi connectivity index (χ1n) is 7.12. The van der Waals surface area contributed by atoms with Crippen LogP contribution in [0.1, 0.15) is 31.2 Å². The monoisotopic (exact) mass is 283 g/mol. The highest BCUT2D eigenvalue weighted by atomic mass is 19.2. The van der Waals surface area contributed by atoms with Crippen molar-refractivity contribution in [2.75, 3.05) is 13.2 Å². The van der Waals surface area contributed by atoms with Crippen LogP contribution < -0.4 is 5.32 Å². The maximum atomic E-state index is 13.1. The molecule has 0 radical (unpaired) electrons. The second kappa shape index (κ2) is 5.76. The van der Waals surface area contributed by atoms with Gasteiger partial charge in [0.2, 0.25) is 0 Å². The van der Waals surface area contributed by atoms with Crippen molar-refractivity contribution in [2.24, 2.45) is 0 Å². The van der Waals surface area contributed by atoms with Gasteiger partial charge in [-0.3, -0.25) is 0 Å². The van der Waals surface area contributed by atoms with Gasteiger partial charge in [-0.1, -0.05) is 6.07 Å². The molecule has 0 amide bonds. The van der Waals surface area contributed by atoms with Crippen molar-refractivity contribution >= 4 is 0 Å². The highest BCUT2D eigenvalue weighted by Crippen LogP contribution is 2.35. The molecule has 2 aliphatic rings. The minimum absolute atomic E-state index is 0.347. The molecule has 1 aromatic carbocycles. The van der Waals surface area contributed by atoms with E-state index in [0.29, 0.717) is 25.8 Å². The summed E-state index contributed by atoms with van der Waals surface area (Å²) in [6.07, 6.45) is 3.73. The number of rotatable bonds is 3. The molecule has 1 aliphatic heterocycles. The molecule has 1 spiro atoms. The van der Waals surface area contributed by atoms with Gasteiger partial charge in [0.15, 0.2) is 17.4 Å². The number of halogens is 2. The topological polar surface area (TPSA) is 30.5 Å². The molecule has 2 fully saturated rings. The first-order chi connectivity index (χ1) is 9.67. The fourth-order valence-electron chi connectivity index (χ4n) is 2.96. The minimum atomic E-state index is -0.802. The van der Waals surface area contributed by atoms with E-state index in [2.05, 4.69) is 5.32 Å². The molecule has 1 heterocycles. The van der Waals surface area contributed by atoms with E-state index in [1.54, 1.807) is 6.07 Å². The number of benzene rings is 1. The van der Waals surface area contributed by atoms with Crippen LogP contribution in [0.2, 0.25) is 0 Å². The number of hydrogen-bond donors (Lipinski definition) is 1. The Morgan fingerprint density at radius 1 is 1.10 bits per heavy atom. The van der Waals surface area contributed by atoms with Gasteiger partial charge in [0, 0.05) is 25.4 Å². The van der Waals surface area contributed by atoms with E-state index < -0.39 is 11.6 Å². The summed E-state index contributed by atoms with van der Waals surface area (Å²) >= 11 is 0. The van der Waals surface area contributed by atoms with E-state index in [0.717, 1.165) is 31.2 Å². The molecule has 110 valence electrons. The largest absolute Gasteiger partial charge is 0.348 e. The lowest BCUT2D eigenvalue weighted by molar-refractivity contribution is -0.179. The summed E-state index contributed by atoms with van der Waals surface area (Å²) in [5.74, 6) is -1.94. The average Bonchev–Trinajstić information content (AvgIpc) is 2.90. The molecule has 1 saturated heterocycles. The van der Waals surface area contributed by atoms with Crippen LogP contribution in [0, 0.1) is 11.6 Å².